The maximum Gasteiger partial charge on any atom is 0.0499 e. The lowest BCUT2D eigenvalue weighted by atomic mass is 9.50. The summed E-state index contributed by atoms with van der Waals surface area (Å²) >= 11 is 0. The van der Waals surface area contributed by atoms with Crippen molar-refractivity contribution in [3.63, 3.8) is 0 Å². The van der Waals surface area contributed by atoms with Crippen LogP contribution in [0.5, 0.6) is 0 Å². The third kappa shape index (κ3) is 2.12. The van der Waals surface area contributed by atoms with Crippen molar-refractivity contribution in [2.24, 2.45) is 16.6 Å². The van der Waals surface area contributed by atoms with Gasteiger partial charge in [-0.2, -0.15) is 0 Å². The Labute approximate surface area is 87.9 Å². The number of hydrogen-bond acceptors (Lipinski definition) is 2. The summed E-state index contributed by atoms with van der Waals surface area (Å²) in [6.07, 6.45) is 7.42. The van der Waals surface area contributed by atoms with E-state index in [1.54, 1.807) is 0 Å². The smallest absolute Gasteiger partial charge is 0.0499 e. The number of aliphatic hydroxyl groups excluding tert-OH is 1. The van der Waals surface area contributed by atoms with Gasteiger partial charge in [-0.05, 0) is 31.1 Å². The van der Waals surface area contributed by atoms with Crippen LogP contribution in [0.1, 0.15) is 52.4 Å². The van der Waals surface area contributed by atoms with E-state index in [9.17, 15) is 5.11 Å². The molecular weight excluding hydrogens is 174 g/mol. The van der Waals surface area contributed by atoms with Crippen LogP contribution in [-0.2, 0) is 0 Å². The molecule has 2 heteroatoms. The van der Waals surface area contributed by atoms with E-state index in [0.717, 1.165) is 12.8 Å². The summed E-state index contributed by atoms with van der Waals surface area (Å²) in [5.41, 5.74) is 6.33. The van der Waals surface area contributed by atoms with Gasteiger partial charge in [0, 0.05) is 18.6 Å². The van der Waals surface area contributed by atoms with Crippen molar-refractivity contribution in [1.82, 2.24) is 0 Å². The zero-order valence-electron chi connectivity index (χ0n) is 9.68. The van der Waals surface area contributed by atoms with E-state index in [-0.39, 0.29) is 12.0 Å². The van der Waals surface area contributed by atoms with Crippen LogP contribution in [0.25, 0.3) is 0 Å². The lowest BCUT2D eigenvalue weighted by molar-refractivity contribution is -0.0800. The van der Waals surface area contributed by atoms with Gasteiger partial charge in [0.25, 0.3) is 0 Å². The molecule has 0 radical (unpaired) electrons. The zero-order valence-corrected chi connectivity index (χ0v) is 9.68. The summed E-state index contributed by atoms with van der Waals surface area (Å²) in [7, 11) is 0. The normalized spacial score (nSPS) is 23.1. The summed E-state index contributed by atoms with van der Waals surface area (Å²) < 4.78 is 0. The Hall–Kier alpha value is -0.0800. The van der Waals surface area contributed by atoms with Gasteiger partial charge in [-0.15, -0.1) is 0 Å². The Morgan fingerprint density at radius 3 is 1.86 bits per heavy atom. The highest BCUT2D eigenvalue weighted by Crippen LogP contribution is 2.58. The molecule has 1 aliphatic rings. The summed E-state index contributed by atoms with van der Waals surface area (Å²) in [6, 6.07) is 0. The van der Waals surface area contributed by atoms with Crippen LogP contribution in [0.3, 0.4) is 0 Å². The third-order valence-corrected chi connectivity index (χ3v) is 3.83. The van der Waals surface area contributed by atoms with Crippen molar-refractivity contribution in [3.05, 3.63) is 0 Å². The average Bonchev–Trinajstić information content (AvgIpc) is 2.13. The van der Waals surface area contributed by atoms with Crippen LogP contribution < -0.4 is 5.73 Å². The molecular formula is C12H25NO. The zero-order chi connectivity index (χ0) is 10.7. The molecule has 2 nitrogen and oxygen atoms in total. The van der Waals surface area contributed by atoms with Crippen molar-refractivity contribution < 1.29 is 5.11 Å². The predicted molar refractivity (Wildman–Crippen MR) is 60.1 cm³/mol. The van der Waals surface area contributed by atoms with Gasteiger partial charge >= 0.3 is 0 Å². The molecule has 0 amide bonds. The minimum atomic E-state index is 0.0737. The van der Waals surface area contributed by atoms with Gasteiger partial charge in [0.15, 0.2) is 0 Å². The highest BCUT2D eigenvalue weighted by molar-refractivity contribution is 5.03. The highest BCUT2D eigenvalue weighted by atomic mass is 16.3. The molecule has 3 N–H and O–H groups in total. The van der Waals surface area contributed by atoms with Crippen LogP contribution in [0.15, 0.2) is 0 Å². The number of aliphatic hydroxyl groups is 1. The second-order valence-electron chi connectivity index (χ2n) is 5.22. The van der Waals surface area contributed by atoms with E-state index < -0.39 is 0 Å². The van der Waals surface area contributed by atoms with E-state index in [1.807, 2.05) is 0 Å². The maximum atomic E-state index is 9.33. The summed E-state index contributed by atoms with van der Waals surface area (Å²) in [5.74, 6) is 0. The molecule has 0 aromatic heterocycles. The SMILES string of the molecule is CCCC1(CCC)CC(CN)(CO)C1. The molecule has 0 saturated heterocycles. The molecule has 0 aromatic carbocycles. The van der Waals surface area contributed by atoms with Crippen LogP contribution in [0.4, 0.5) is 0 Å². The predicted octanol–water partition coefficient (Wildman–Crippen LogP) is 2.30. The van der Waals surface area contributed by atoms with E-state index >= 15 is 0 Å². The Bertz CT molecular complexity index is 159. The molecule has 0 unspecified atom stereocenters. The minimum absolute atomic E-state index is 0.0737. The topological polar surface area (TPSA) is 46.2 Å². The molecule has 1 rings (SSSR count). The van der Waals surface area contributed by atoms with E-state index in [2.05, 4.69) is 13.8 Å². The van der Waals surface area contributed by atoms with Gasteiger partial charge in [-0.25, -0.2) is 0 Å². The fourth-order valence-electron chi connectivity index (χ4n) is 3.40. The first kappa shape index (κ1) is 12.0. The first-order chi connectivity index (χ1) is 6.66. The molecule has 0 aliphatic heterocycles. The Morgan fingerprint density at radius 1 is 1.07 bits per heavy atom. The van der Waals surface area contributed by atoms with E-state index in [0.29, 0.717) is 12.0 Å². The molecule has 0 heterocycles. The summed E-state index contributed by atoms with van der Waals surface area (Å²) in [5, 5.41) is 9.33. The summed E-state index contributed by atoms with van der Waals surface area (Å²) in [4.78, 5) is 0. The molecule has 0 atom stereocenters. The van der Waals surface area contributed by atoms with Gasteiger partial charge in [-0.3, -0.25) is 0 Å². The van der Waals surface area contributed by atoms with E-state index in [1.165, 1.54) is 25.7 Å². The minimum Gasteiger partial charge on any atom is -0.396 e. The average molecular weight is 199 g/mol. The van der Waals surface area contributed by atoms with Crippen LogP contribution in [-0.4, -0.2) is 18.3 Å². The second kappa shape index (κ2) is 4.63. The quantitative estimate of drug-likeness (QED) is 0.689. The molecule has 14 heavy (non-hydrogen) atoms. The van der Waals surface area contributed by atoms with Gasteiger partial charge < -0.3 is 10.8 Å². The first-order valence-electron chi connectivity index (χ1n) is 5.97. The molecule has 84 valence electrons. The largest absolute Gasteiger partial charge is 0.396 e. The lowest BCUT2D eigenvalue weighted by Gasteiger charge is -2.56. The number of nitrogens with two attached hydrogens (primary N) is 1. The number of rotatable bonds is 6. The van der Waals surface area contributed by atoms with Crippen molar-refractivity contribution in [2.75, 3.05) is 13.2 Å². The fourth-order valence-corrected chi connectivity index (χ4v) is 3.40. The Kier molecular flexibility index (Phi) is 3.96. The Morgan fingerprint density at radius 2 is 1.57 bits per heavy atom. The maximum absolute atomic E-state index is 9.33. The van der Waals surface area contributed by atoms with Crippen molar-refractivity contribution in [2.45, 2.75) is 52.4 Å². The Balaban J connectivity index is 2.52. The fraction of sp³-hybridized carbons (Fsp3) is 1.00. The van der Waals surface area contributed by atoms with Gasteiger partial charge in [0.05, 0.1) is 0 Å². The molecule has 1 aliphatic carbocycles. The van der Waals surface area contributed by atoms with Crippen molar-refractivity contribution >= 4 is 0 Å². The highest BCUT2D eigenvalue weighted by Gasteiger charge is 2.51. The van der Waals surface area contributed by atoms with Crippen LogP contribution in [0, 0.1) is 10.8 Å². The summed E-state index contributed by atoms with van der Waals surface area (Å²) in [6.45, 7) is 5.43. The van der Waals surface area contributed by atoms with E-state index in [4.69, 9.17) is 5.73 Å². The molecule has 1 saturated carbocycles. The van der Waals surface area contributed by atoms with Gasteiger partial charge in [0.1, 0.15) is 0 Å². The molecule has 0 spiro atoms. The first-order valence-corrected chi connectivity index (χ1v) is 5.97. The van der Waals surface area contributed by atoms with Crippen LogP contribution in [0.2, 0.25) is 0 Å². The van der Waals surface area contributed by atoms with Gasteiger partial charge in [0.2, 0.25) is 0 Å². The lowest BCUT2D eigenvalue weighted by Crippen LogP contribution is -2.52. The number of hydrogen-bond donors (Lipinski definition) is 2. The molecule has 0 bridgehead atoms. The van der Waals surface area contributed by atoms with Crippen molar-refractivity contribution in [1.29, 1.82) is 0 Å². The monoisotopic (exact) mass is 199 g/mol. The molecule has 0 aromatic rings. The second-order valence-corrected chi connectivity index (χ2v) is 5.22. The van der Waals surface area contributed by atoms with Crippen molar-refractivity contribution in [3.8, 4) is 0 Å². The molecule has 1 fully saturated rings. The standard InChI is InChI=1S/C12H25NO/c1-3-5-11(6-4-2)7-12(8-11,9-13)10-14/h14H,3-10,13H2,1-2H3. The van der Waals surface area contributed by atoms with Gasteiger partial charge in [-0.1, -0.05) is 26.7 Å². The van der Waals surface area contributed by atoms with Crippen LogP contribution >= 0.6 is 0 Å². The third-order valence-electron chi connectivity index (χ3n) is 3.83.